The topological polar surface area (TPSA) is 216 Å². The zero-order valence-corrected chi connectivity index (χ0v) is 20.0. The highest BCUT2D eigenvalue weighted by Crippen LogP contribution is 2.29. The average molecular weight is 508 g/mol. The molecule has 8 N–H and O–H groups in total. The van der Waals surface area contributed by atoms with Gasteiger partial charge in [0.15, 0.2) is 12.5 Å². The van der Waals surface area contributed by atoms with Crippen LogP contribution in [0.4, 0.5) is 0 Å². The first-order valence-electron chi connectivity index (χ1n) is 11.6. The number of carbonyl (C=O) groups is 3. The fourth-order valence-corrected chi connectivity index (χ4v) is 4.16. The van der Waals surface area contributed by atoms with E-state index in [9.17, 15) is 39.9 Å². The van der Waals surface area contributed by atoms with Crippen LogP contribution in [0.3, 0.4) is 0 Å². The fraction of sp³-hybridized carbons (Fsp3) is 0.857. The Balaban J connectivity index is 2.36. The Labute approximate surface area is 202 Å². The molecule has 2 fully saturated rings. The molecule has 0 aliphatic carbocycles. The Bertz CT molecular complexity index is 727. The van der Waals surface area contributed by atoms with Crippen molar-refractivity contribution < 1.29 is 54.1 Å². The van der Waals surface area contributed by atoms with Crippen molar-refractivity contribution in [2.24, 2.45) is 5.92 Å². The van der Waals surface area contributed by atoms with E-state index in [1.165, 1.54) is 13.8 Å². The van der Waals surface area contributed by atoms with Gasteiger partial charge in [-0.3, -0.25) is 14.4 Å². The fourth-order valence-electron chi connectivity index (χ4n) is 4.16. The van der Waals surface area contributed by atoms with Crippen LogP contribution >= 0.6 is 0 Å². The molecule has 0 bridgehead atoms. The van der Waals surface area contributed by atoms with E-state index < -0.39 is 86.1 Å². The second-order valence-electron chi connectivity index (χ2n) is 8.76. The van der Waals surface area contributed by atoms with Crippen LogP contribution in [0.1, 0.15) is 33.6 Å². The second kappa shape index (κ2) is 13.4. The third kappa shape index (κ3) is 7.54. The van der Waals surface area contributed by atoms with E-state index in [0.717, 1.165) is 0 Å². The molecule has 10 unspecified atom stereocenters. The monoisotopic (exact) mass is 507 g/mol. The summed E-state index contributed by atoms with van der Waals surface area (Å²) in [5, 5.41) is 59.0. The molecule has 0 spiro atoms. The molecular formula is C21H37N3O11. The summed E-state index contributed by atoms with van der Waals surface area (Å²) in [5.41, 5.74) is 0. The molecule has 2 saturated heterocycles. The summed E-state index contributed by atoms with van der Waals surface area (Å²) >= 11 is 0. The predicted molar refractivity (Wildman–Crippen MR) is 117 cm³/mol. The molecule has 2 rings (SSSR count). The summed E-state index contributed by atoms with van der Waals surface area (Å²) in [6.07, 6.45) is -9.11. The molecule has 0 radical (unpaired) electrons. The lowest BCUT2D eigenvalue weighted by Gasteiger charge is -2.44. The maximum Gasteiger partial charge on any atom is 0.222 e. The number of amides is 3. The lowest BCUT2D eigenvalue weighted by atomic mass is 9.93. The first-order valence-corrected chi connectivity index (χ1v) is 11.6. The van der Waals surface area contributed by atoms with Crippen molar-refractivity contribution in [2.45, 2.75) is 88.7 Å². The van der Waals surface area contributed by atoms with Gasteiger partial charge < -0.3 is 55.7 Å². The minimum Gasteiger partial charge on any atom is -0.396 e. The third-order valence-electron chi connectivity index (χ3n) is 5.91. The number of aliphatic hydroxyl groups is 5. The SMILES string of the molecule is CCCC(=O)NC1OCC(CO)C(OC2OC(CO)C(O)C(O)C2NC(C)=O)C(O)C1NC(C)=O. The van der Waals surface area contributed by atoms with Gasteiger partial charge >= 0.3 is 0 Å². The first-order chi connectivity index (χ1) is 16.5. The molecule has 10 atom stereocenters. The molecule has 0 aromatic rings. The number of ether oxygens (including phenoxy) is 3. The molecule has 2 heterocycles. The number of aliphatic hydroxyl groups excluding tert-OH is 5. The van der Waals surface area contributed by atoms with Crippen LogP contribution < -0.4 is 16.0 Å². The van der Waals surface area contributed by atoms with Gasteiger partial charge in [-0.05, 0) is 6.42 Å². The minimum absolute atomic E-state index is 0.184. The van der Waals surface area contributed by atoms with E-state index in [-0.39, 0.29) is 18.9 Å². The Morgan fingerprint density at radius 3 is 2.09 bits per heavy atom. The summed E-state index contributed by atoms with van der Waals surface area (Å²) in [5.74, 6) is -2.35. The van der Waals surface area contributed by atoms with Gasteiger partial charge in [0.2, 0.25) is 17.7 Å². The molecule has 0 aromatic heterocycles. The zero-order chi connectivity index (χ0) is 26.3. The normalized spacial score (nSPS) is 37.7. The lowest BCUT2D eigenvalue weighted by molar-refractivity contribution is -0.295. The molecule has 14 heteroatoms. The number of hydrogen-bond acceptors (Lipinski definition) is 11. The van der Waals surface area contributed by atoms with E-state index in [0.29, 0.717) is 6.42 Å². The van der Waals surface area contributed by atoms with Crippen molar-refractivity contribution in [1.82, 2.24) is 16.0 Å². The van der Waals surface area contributed by atoms with Crippen molar-refractivity contribution in [1.29, 1.82) is 0 Å². The first kappa shape index (κ1) is 29.3. The highest BCUT2D eigenvalue weighted by Gasteiger charge is 2.50. The van der Waals surface area contributed by atoms with Crippen LogP contribution in [0, 0.1) is 5.92 Å². The van der Waals surface area contributed by atoms with Crippen LogP contribution in [0.25, 0.3) is 0 Å². The number of carbonyl (C=O) groups excluding carboxylic acids is 3. The van der Waals surface area contributed by atoms with Crippen LogP contribution in [0.2, 0.25) is 0 Å². The standard InChI is InChI=1S/C21H37N3O11/c1-4-5-13(29)24-20-14(22-9(2)27)18(32)19(11(6-25)8-33-20)35-21-15(23-10(3)28)17(31)16(30)12(7-26)34-21/h11-12,14-21,25-26,30-32H,4-8H2,1-3H3,(H,22,27)(H,23,28)(H,24,29). The van der Waals surface area contributed by atoms with Gasteiger partial charge in [0.25, 0.3) is 0 Å². The van der Waals surface area contributed by atoms with Gasteiger partial charge in [-0.25, -0.2) is 0 Å². The molecule has 3 amide bonds. The molecule has 0 saturated carbocycles. The smallest absolute Gasteiger partial charge is 0.222 e. The Hall–Kier alpha value is -1.91. The Morgan fingerprint density at radius 1 is 0.914 bits per heavy atom. The molecule has 14 nitrogen and oxygen atoms in total. The summed E-state index contributed by atoms with van der Waals surface area (Å²) in [6.45, 7) is 2.79. The van der Waals surface area contributed by atoms with E-state index in [1.54, 1.807) is 6.92 Å². The zero-order valence-electron chi connectivity index (χ0n) is 20.0. The summed E-state index contributed by atoms with van der Waals surface area (Å²) in [6, 6.07) is -2.48. The second-order valence-corrected chi connectivity index (χ2v) is 8.76. The van der Waals surface area contributed by atoms with E-state index >= 15 is 0 Å². The Morgan fingerprint density at radius 2 is 1.54 bits per heavy atom. The third-order valence-corrected chi connectivity index (χ3v) is 5.91. The van der Waals surface area contributed by atoms with Crippen molar-refractivity contribution in [3.63, 3.8) is 0 Å². The largest absolute Gasteiger partial charge is 0.396 e. The Kier molecular flexibility index (Phi) is 11.2. The van der Waals surface area contributed by atoms with Gasteiger partial charge in [0.1, 0.15) is 36.5 Å². The molecule has 2 aliphatic rings. The van der Waals surface area contributed by atoms with Gasteiger partial charge in [0, 0.05) is 26.2 Å². The quantitative estimate of drug-likeness (QED) is 0.151. The van der Waals surface area contributed by atoms with Crippen molar-refractivity contribution in [2.75, 3.05) is 19.8 Å². The van der Waals surface area contributed by atoms with E-state index in [2.05, 4.69) is 16.0 Å². The van der Waals surface area contributed by atoms with Crippen LogP contribution in [0.5, 0.6) is 0 Å². The van der Waals surface area contributed by atoms with Gasteiger partial charge in [0.05, 0.1) is 25.9 Å². The predicted octanol–water partition coefficient (Wildman–Crippen LogP) is -3.94. The summed E-state index contributed by atoms with van der Waals surface area (Å²) in [4.78, 5) is 35.8. The molecule has 202 valence electrons. The summed E-state index contributed by atoms with van der Waals surface area (Å²) in [7, 11) is 0. The highest BCUT2D eigenvalue weighted by atomic mass is 16.7. The minimum atomic E-state index is -1.59. The van der Waals surface area contributed by atoms with Gasteiger partial charge in [-0.2, -0.15) is 0 Å². The molecule has 35 heavy (non-hydrogen) atoms. The molecule has 2 aliphatic heterocycles. The van der Waals surface area contributed by atoms with Crippen molar-refractivity contribution in [3.05, 3.63) is 0 Å². The van der Waals surface area contributed by atoms with E-state index in [1.807, 2.05) is 0 Å². The number of rotatable bonds is 9. The molecular weight excluding hydrogens is 470 g/mol. The van der Waals surface area contributed by atoms with Crippen LogP contribution in [-0.4, -0.2) is 118 Å². The van der Waals surface area contributed by atoms with Crippen molar-refractivity contribution in [3.8, 4) is 0 Å². The van der Waals surface area contributed by atoms with Gasteiger partial charge in [-0.15, -0.1) is 0 Å². The highest BCUT2D eigenvalue weighted by molar-refractivity contribution is 5.76. The van der Waals surface area contributed by atoms with E-state index in [4.69, 9.17) is 14.2 Å². The number of nitrogens with one attached hydrogen (secondary N) is 3. The van der Waals surface area contributed by atoms with Crippen molar-refractivity contribution >= 4 is 17.7 Å². The average Bonchev–Trinajstić information content (AvgIpc) is 2.90. The molecule has 0 aromatic carbocycles. The van der Waals surface area contributed by atoms with Crippen LogP contribution in [0.15, 0.2) is 0 Å². The van der Waals surface area contributed by atoms with Crippen LogP contribution in [-0.2, 0) is 28.6 Å². The maximum atomic E-state index is 12.2. The lowest BCUT2D eigenvalue weighted by Crippen LogP contribution is -2.66. The summed E-state index contributed by atoms with van der Waals surface area (Å²) < 4.78 is 17.2. The number of hydrogen-bond donors (Lipinski definition) is 8. The maximum absolute atomic E-state index is 12.2. The van der Waals surface area contributed by atoms with Gasteiger partial charge in [-0.1, -0.05) is 6.92 Å².